The van der Waals surface area contributed by atoms with Crippen LogP contribution in [-0.4, -0.2) is 49.6 Å². The zero-order chi connectivity index (χ0) is 16.8. The SMILES string of the molecule is Cc1ccc(C(CN2CCNCC2)N(C)Cc2ccccc2)cc1. The first kappa shape index (κ1) is 17.2. The van der Waals surface area contributed by atoms with Crippen LogP contribution in [0.4, 0.5) is 0 Å². The Hall–Kier alpha value is -1.68. The Morgan fingerprint density at radius 1 is 1.00 bits per heavy atom. The molecule has 2 aromatic rings. The standard InChI is InChI=1S/C21H29N3/c1-18-8-10-20(11-9-18)21(17-24-14-12-22-13-15-24)23(2)16-19-6-4-3-5-7-19/h3-11,21-22H,12-17H2,1-2H3. The van der Waals surface area contributed by atoms with Crippen LogP contribution in [0, 0.1) is 6.92 Å². The summed E-state index contributed by atoms with van der Waals surface area (Å²) in [5, 5.41) is 3.45. The number of benzene rings is 2. The van der Waals surface area contributed by atoms with Gasteiger partial charge in [-0.1, -0.05) is 60.2 Å². The van der Waals surface area contributed by atoms with Crippen LogP contribution in [0.5, 0.6) is 0 Å². The molecule has 3 heteroatoms. The van der Waals surface area contributed by atoms with Crippen LogP contribution in [0.15, 0.2) is 54.6 Å². The Labute approximate surface area is 146 Å². The Kier molecular flexibility index (Phi) is 6.02. The predicted molar refractivity (Wildman–Crippen MR) is 101 cm³/mol. The third-order valence-corrected chi connectivity index (χ3v) is 4.91. The van der Waals surface area contributed by atoms with E-state index in [0.29, 0.717) is 6.04 Å². The summed E-state index contributed by atoms with van der Waals surface area (Å²) >= 11 is 0. The molecule has 2 aromatic carbocycles. The fourth-order valence-electron chi connectivity index (χ4n) is 3.41. The number of rotatable bonds is 6. The Morgan fingerprint density at radius 2 is 1.67 bits per heavy atom. The van der Waals surface area contributed by atoms with Crippen LogP contribution < -0.4 is 5.32 Å². The molecule has 1 saturated heterocycles. The van der Waals surface area contributed by atoms with Crippen molar-refractivity contribution in [2.24, 2.45) is 0 Å². The minimum atomic E-state index is 0.420. The van der Waals surface area contributed by atoms with E-state index in [2.05, 4.69) is 83.7 Å². The van der Waals surface area contributed by atoms with Gasteiger partial charge in [-0.05, 0) is 25.1 Å². The maximum absolute atomic E-state index is 3.45. The second-order valence-corrected chi connectivity index (χ2v) is 6.88. The molecule has 0 saturated carbocycles. The highest BCUT2D eigenvalue weighted by atomic mass is 15.2. The van der Waals surface area contributed by atoms with Crippen LogP contribution in [0.25, 0.3) is 0 Å². The third-order valence-electron chi connectivity index (χ3n) is 4.91. The number of hydrogen-bond donors (Lipinski definition) is 1. The zero-order valence-electron chi connectivity index (χ0n) is 14.9. The summed E-state index contributed by atoms with van der Waals surface area (Å²) in [5.74, 6) is 0. The molecule has 3 rings (SSSR count). The van der Waals surface area contributed by atoms with E-state index in [1.165, 1.54) is 16.7 Å². The van der Waals surface area contributed by atoms with E-state index < -0.39 is 0 Å². The van der Waals surface area contributed by atoms with Gasteiger partial charge in [-0.3, -0.25) is 9.80 Å². The monoisotopic (exact) mass is 323 g/mol. The predicted octanol–water partition coefficient (Wildman–Crippen LogP) is 3.07. The number of nitrogens with zero attached hydrogens (tertiary/aromatic N) is 2. The van der Waals surface area contributed by atoms with E-state index >= 15 is 0 Å². The smallest absolute Gasteiger partial charge is 0.0475 e. The molecule has 3 nitrogen and oxygen atoms in total. The van der Waals surface area contributed by atoms with Gasteiger partial charge >= 0.3 is 0 Å². The molecule has 1 N–H and O–H groups in total. The number of nitrogens with one attached hydrogen (secondary N) is 1. The quantitative estimate of drug-likeness (QED) is 0.881. The van der Waals surface area contributed by atoms with Crippen molar-refractivity contribution in [3.8, 4) is 0 Å². The molecule has 0 amide bonds. The average Bonchev–Trinajstić information content (AvgIpc) is 2.62. The number of aryl methyl sites for hydroxylation is 1. The molecule has 1 atom stereocenters. The van der Waals surface area contributed by atoms with Crippen molar-refractivity contribution in [3.63, 3.8) is 0 Å². The number of likely N-dealkylation sites (N-methyl/N-ethyl adjacent to an activating group) is 1. The molecule has 1 heterocycles. The Morgan fingerprint density at radius 3 is 2.33 bits per heavy atom. The van der Waals surface area contributed by atoms with Crippen LogP contribution in [-0.2, 0) is 6.54 Å². The normalized spacial score (nSPS) is 17.1. The van der Waals surface area contributed by atoms with Gasteiger partial charge in [0.15, 0.2) is 0 Å². The van der Waals surface area contributed by atoms with Crippen molar-refractivity contribution >= 4 is 0 Å². The molecule has 0 aromatic heterocycles. The molecule has 1 unspecified atom stereocenters. The molecule has 128 valence electrons. The lowest BCUT2D eigenvalue weighted by molar-refractivity contribution is 0.146. The van der Waals surface area contributed by atoms with Crippen molar-refractivity contribution in [2.45, 2.75) is 19.5 Å². The summed E-state index contributed by atoms with van der Waals surface area (Å²) in [5.41, 5.74) is 4.11. The maximum atomic E-state index is 3.45. The van der Waals surface area contributed by atoms with E-state index in [9.17, 15) is 0 Å². The molecule has 0 radical (unpaired) electrons. The minimum Gasteiger partial charge on any atom is -0.314 e. The van der Waals surface area contributed by atoms with Crippen molar-refractivity contribution in [3.05, 3.63) is 71.3 Å². The average molecular weight is 323 g/mol. The van der Waals surface area contributed by atoms with Crippen LogP contribution >= 0.6 is 0 Å². The topological polar surface area (TPSA) is 18.5 Å². The van der Waals surface area contributed by atoms with Gasteiger partial charge in [0, 0.05) is 45.3 Å². The first-order valence-electron chi connectivity index (χ1n) is 8.96. The molecular formula is C21H29N3. The van der Waals surface area contributed by atoms with Crippen molar-refractivity contribution in [1.29, 1.82) is 0 Å². The molecule has 0 aliphatic carbocycles. The summed E-state index contributed by atoms with van der Waals surface area (Å²) in [7, 11) is 2.25. The molecule has 0 bridgehead atoms. The van der Waals surface area contributed by atoms with Crippen LogP contribution in [0.3, 0.4) is 0 Å². The summed E-state index contributed by atoms with van der Waals surface area (Å²) in [6.45, 7) is 8.71. The highest BCUT2D eigenvalue weighted by Crippen LogP contribution is 2.23. The van der Waals surface area contributed by atoms with Gasteiger partial charge in [0.05, 0.1) is 0 Å². The second kappa shape index (κ2) is 8.43. The number of hydrogen-bond acceptors (Lipinski definition) is 3. The number of piperazine rings is 1. The van der Waals surface area contributed by atoms with Crippen LogP contribution in [0.1, 0.15) is 22.7 Å². The largest absolute Gasteiger partial charge is 0.314 e. The van der Waals surface area contributed by atoms with Crippen LogP contribution in [0.2, 0.25) is 0 Å². The molecular weight excluding hydrogens is 294 g/mol. The lowest BCUT2D eigenvalue weighted by atomic mass is 10.0. The lowest BCUT2D eigenvalue weighted by Gasteiger charge is -2.35. The first-order chi connectivity index (χ1) is 11.7. The fourth-order valence-corrected chi connectivity index (χ4v) is 3.41. The summed E-state index contributed by atoms with van der Waals surface area (Å²) in [6, 6.07) is 20.2. The van der Waals surface area contributed by atoms with E-state index in [-0.39, 0.29) is 0 Å². The van der Waals surface area contributed by atoms with Crippen molar-refractivity contribution in [2.75, 3.05) is 39.8 Å². The fraction of sp³-hybridized carbons (Fsp3) is 0.429. The minimum absolute atomic E-state index is 0.420. The molecule has 1 fully saturated rings. The summed E-state index contributed by atoms with van der Waals surface area (Å²) < 4.78 is 0. The first-order valence-corrected chi connectivity index (χ1v) is 8.96. The Bertz CT molecular complexity index is 603. The molecule has 0 spiro atoms. The van der Waals surface area contributed by atoms with Gasteiger partial charge < -0.3 is 5.32 Å². The second-order valence-electron chi connectivity index (χ2n) is 6.88. The highest BCUT2D eigenvalue weighted by Gasteiger charge is 2.21. The van der Waals surface area contributed by atoms with E-state index in [0.717, 1.165) is 39.3 Å². The van der Waals surface area contributed by atoms with E-state index in [1.807, 2.05) is 0 Å². The van der Waals surface area contributed by atoms with Gasteiger partial charge in [-0.15, -0.1) is 0 Å². The van der Waals surface area contributed by atoms with Gasteiger partial charge in [0.1, 0.15) is 0 Å². The highest BCUT2D eigenvalue weighted by molar-refractivity contribution is 5.25. The van der Waals surface area contributed by atoms with Gasteiger partial charge in [0.2, 0.25) is 0 Å². The van der Waals surface area contributed by atoms with Gasteiger partial charge in [0.25, 0.3) is 0 Å². The van der Waals surface area contributed by atoms with E-state index in [4.69, 9.17) is 0 Å². The van der Waals surface area contributed by atoms with Gasteiger partial charge in [-0.25, -0.2) is 0 Å². The Balaban J connectivity index is 1.76. The zero-order valence-corrected chi connectivity index (χ0v) is 14.9. The maximum Gasteiger partial charge on any atom is 0.0475 e. The molecule has 1 aliphatic heterocycles. The summed E-state index contributed by atoms with van der Waals surface area (Å²) in [6.07, 6.45) is 0. The lowest BCUT2D eigenvalue weighted by Crippen LogP contribution is -2.46. The summed E-state index contributed by atoms with van der Waals surface area (Å²) in [4.78, 5) is 5.07. The molecule has 1 aliphatic rings. The van der Waals surface area contributed by atoms with E-state index in [1.54, 1.807) is 0 Å². The van der Waals surface area contributed by atoms with Gasteiger partial charge in [-0.2, -0.15) is 0 Å². The third kappa shape index (κ3) is 4.67. The van der Waals surface area contributed by atoms with Crippen molar-refractivity contribution in [1.82, 2.24) is 15.1 Å². The van der Waals surface area contributed by atoms with Crippen molar-refractivity contribution < 1.29 is 0 Å². The molecule has 24 heavy (non-hydrogen) atoms.